The average Bonchev–Trinajstić information content (AvgIpc) is 2.67. The summed E-state index contributed by atoms with van der Waals surface area (Å²) in [6.07, 6.45) is 4.72. The van der Waals surface area contributed by atoms with E-state index in [4.69, 9.17) is 10.8 Å². The second-order valence-corrected chi connectivity index (χ2v) is 4.95. The Labute approximate surface area is 102 Å². The van der Waals surface area contributed by atoms with Crippen LogP contribution in [0.2, 0.25) is 0 Å². The molecule has 0 bridgehead atoms. The van der Waals surface area contributed by atoms with E-state index in [2.05, 4.69) is 0 Å². The third-order valence-electron chi connectivity index (χ3n) is 3.59. The Balaban J connectivity index is 1.95. The third-order valence-corrected chi connectivity index (χ3v) is 3.59. The van der Waals surface area contributed by atoms with Gasteiger partial charge in [-0.15, -0.1) is 0 Å². The number of hydrogen-bond donors (Lipinski definition) is 2. The Morgan fingerprint density at radius 3 is 2.41 bits per heavy atom. The lowest BCUT2D eigenvalue weighted by Gasteiger charge is -2.15. The molecule has 0 saturated heterocycles. The van der Waals surface area contributed by atoms with Gasteiger partial charge in [0.05, 0.1) is 6.42 Å². The summed E-state index contributed by atoms with van der Waals surface area (Å²) >= 11 is 0. The highest BCUT2D eigenvalue weighted by atomic mass is 16.4. The van der Waals surface area contributed by atoms with Gasteiger partial charge in [0.1, 0.15) is 0 Å². The molecule has 2 rings (SSSR count). The summed E-state index contributed by atoms with van der Waals surface area (Å²) in [6.45, 7) is 0. The van der Waals surface area contributed by atoms with Gasteiger partial charge in [0.25, 0.3) is 0 Å². The molecule has 92 valence electrons. The number of aliphatic carboxylic acids is 1. The quantitative estimate of drug-likeness (QED) is 0.836. The van der Waals surface area contributed by atoms with Crippen LogP contribution in [0.5, 0.6) is 0 Å². The van der Waals surface area contributed by atoms with Crippen LogP contribution in [0.1, 0.15) is 30.4 Å². The van der Waals surface area contributed by atoms with Crippen LogP contribution in [-0.2, 0) is 17.6 Å². The average molecular weight is 233 g/mol. The minimum atomic E-state index is -0.782. The van der Waals surface area contributed by atoms with Crippen molar-refractivity contribution in [3.8, 4) is 0 Å². The number of nitrogens with two attached hydrogens (primary N) is 1. The van der Waals surface area contributed by atoms with Crippen molar-refractivity contribution in [3.63, 3.8) is 0 Å². The normalized spacial score (nSPS) is 23.8. The van der Waals surface area contributed by atoms with Crippen LogP contribution in [0.15, 0.2) is 24.3 Å². The molecule has 1 fully saturated rings. The van der Waals surface area contributed by atoms with Crippen LogP contribution in [-0.4, -0.2) is 17.1 Å². The van der Waals surface area contributed by atoms with Crippen LogP contribution in [0, 0.1) is 5.92 Å². The van der Waals surface area contributed by atoms with Gasteiger partial charge in [0, 0.05) is 6.04 Å². The number of carboxylic acids is 1. The first-order valence-electron chi connectivity index (χ1n) is 6.20. The molecule has 0 amide bonds. The molecule has 3 nitrogen and oxygen atoms in total. The van der Waals surface area contributed by atoms with Crippen LogP contribution in [0.4, 0.5) is 0 Å². The molecule has 2 unspecified atom stereocenters. The predicted octanol–water partition coefficient (Wildman–Crippen LogP) is 1.98. The van der Waals surface area contributed by atoms with Gasteiger partial charge in [-0.3, -0.25) is 4.79 Å². The van der Waals surface area contributed by atoms with Gasteiger partial charge in [-0.05, 0) is 36.3 Å². The Kier molecular flexibility index (Phi) is 3.79. The number of carbonyl (C=O) groups is 1. The largest absolute Gasteiger partial charge is 0.481 e. The highest BCUT2D eigenvalue weighted by molar-refractivity contribution is 5.70. The maximum atomic E-state index is 10.6. The number of hydrogen-bond acceptors (Lipinski definition) is 2. The first kappa shape index (κ1) is 12.1. The Morgan fingerprint density at radius 2 is 1.88 bits per heavy atom. The summed E-state index contributed by atoms with van der Waals surface area (Å²) in [5.74, 6) is -0.184. The van der Waals surface area contributed by atoms with Crippen molar-refractivity contribution in [3.05, 3.63) is 35.4 Å². The predicted molar refractivity (Wildman–Crippen MR) is 66.8 cm³/mol. The Bertz CT molecular complexity index is 386. The van der Waals surface area contributed by atoms with Gasteiger partial charge in [0.15, 0.2) is 0 Å². The van der Waals surface area contributed by atoms with Crippen LogP contribution >= 0.6 is 0 Å². The molecular weight excluding hydrogens is 214 g/mol. The zero-order chi connectivity index (χ0) is 12.3. The monoisotopic (exact) mass is 233 g/mol. The van der Waals surface area contributed by atoms with Gasteiger partial charge >= 0.3 is 5.97 Å². The summed E-state index contributed by atoms with van der Waals surface area (Å²) in [5, 5.41) is 8.68. The molecule has 1 aromatic rings. The van der Waals surface area contributed by atoms with Crippen LogP contribution < -0.4 is 5.73 Å². The lowest BCUT2D eigenvalue weighted by atomic mass is 9.94. The standard InChI is InChI=1S/C14H19NO2/c15-13-3-1-2-12(13)8-10-4-6-11(7-5-10)9-14(16)17/h4-7,12-13H,1-3,8-9,15H2,(H,16,17). The number of carboxylic acid groups (broad SMARTS) is 1. The van der Waals surface area contributed by atoms with Gasteiger partial charge in [-0.2, -0.15) is 0 Å². The molecule has 1 saturated carbocycles. The van der Waals surface area contributed by atoms with Crippen molar-refractivity contribution in [2.45, 2.75) is 38.1 Å². The SMILES string of the molecule is NC1CCCC1Cc1ccc(CC(=O)O)cc1. The van der Waals surface area contributed by atoms with Gasteiger partial charge < -0.3 is 10.8 Å². The van der Waals surface area contributed by atoms with Crippen molar-refractivity contribution >= 4 is 5.97 Å². The molecule has 1 aliphatic rings. The lowest BCUT2D eigenvalue weighted by molar-refractivity contribution is -0.136. The molecule has 0 aliphatic heterocycles. The molecule has 0 aromatic heterocycles. The summed E-state index contributed by atoms with van der Waals surface area (Å²) in [7, 11) is 0. The molecule has 0 radical (unpaired) electrons. The minimum absolute atomic E-state index is 0.100. The van der Waals surface area contributed by atoms with E-state index in [-0.39, 0.29) is 6.42 Å². The van der Waals surface area contributed by atoms with Gasteiger partial charge in [-0.25, -0.2) is 0 Å². The summed E-state index contributed by atoms with van der Waals surface area (Å²) in [6, 6.07) is 8.22. The number of benzene rings is 1. The molecule has 1 aromatic carbocycles. The van der Waals surface area contributed by atoms with Crippen molar-refractivity contribution < 1.29 is 9.90 Å². The fourth-order valence-electron chi connectivity index (χ4n) is 2.59. The molecule has 1 aliphatic carbocycles. The van der Waals surface area contributed by atoms with Crippen molar-refractivity contribution in [1.29, 1.82) is 0 Å². The Morgan fingerprint density at radius 1 is 1.24 bits per heavy atom. The first-order valence-corrected chi connectivity index (χ1v) is 6.20. The summed E-state index contributed by atoms with van der Waals surface area (Å²) in [5.41, 5.74) is 8.17. The third kappa shape index (κ3) is 3.30. The highest BCUT2D eigenvalue weighted by Gasteiger charge is 2.23. The Hall–Kier alpha value is -1.35. The second kappa shape index (κ2) is 5.32. The van der Waals surface area contributed by atoms with Crippen molar-refractivity contribution in [2.75, 3.05) is 0 Å². The van der Waals surface area contributed by atoms with E-state index in [0.717, 1.165) is 18.4 Å². The zero-order valence-corrected chi connectivity index (χ0v) is 9.93. The van der Waals surface area contributed by atoms with E-state index in [0.29, 0.717) is 12.0 Å². The van der Waals surface area contributed by atoms with E-state index in [1.165, 1.54) is 18.4 Å². The van der Waals surface area contributed by atoms with E-state index in [1.807, 2.05) is 24.3 Å². The highest BCUT2D eigenvalue weighted by Crippen LogP contribution is 2.27. The summed E-state index contributed by atoms with van der Waals surface area (Å²) < 4.78 is 0. The van der Waals surface area contributed by atoms with E-state index >= 15 is 0 Å². The van der Waals surface area contributed by atoms with Crippen LogP contribution in [0.25, 0.3) is 0 Å². The molecular formula is C14H19NO2. The lowest BCUT2D eigenvalue weighted by Crippen LogP contribution is -2.25. The fourth-order valence-corrected chi connectivity index (χ4v) is 2.59. The molecule has 0 spiro atoms. The van der Waals surface area contributed by atoms with E-state index in [9.17, 15) is 4.79 Å². The summed E-state index contributed by atoms with van der Waals surface area (Å²) in [4.78, 5) is 10.6. The topological polar surface area (TPSA) is 63.3 Å². The van der Waals surface area contributed by atoms with E-state index in [1.54, 1.807) is 0 Å². The fraction of sp³-hybridized carbons (Fsp3) is 0.500. The second-order valence-electron chi connectivity index (χ2n) is 4.95. The molecule has 0 heterocycles. The van der Waals surface area contributed by atoms with Gasteiger partial charge in [-0.1, -0.05) is 30.7 Å². The molecule has 2 atom stereocenters. The van der Waals surface area contributed by atoms with E-state index < -0.39 is 5.97 Å². The van der Waals surface area contributed by atoms with Crippen molar-refractivity contribution in [1.82, 2.24) is 0 Å². The first-order chi connectivity index (χ1) is 8.15. The number of rotatable bonds is 4. The molecule has 3 heteroatoms. The molecule has 3 N–H and O–H groups in total. The molecule has 17 heavy (non-hydrogen) atoms. The van der Waals surface area contributed by atoms with Gasteiger partial charge in [0.2, 0.25) is 0 Å². The maximum Gasteiger partial charge on any atom is 0.307 e. The zero-order valence-electron chi connectivity index (χ0n) is 9.93. The minimum Gasteiger partial charge on any atom is -0.481 e. The maximum absolute atomic E-state index is 10.6. The van der Waals surface area contributed by atoms with Crippen molar-refractivity contribution in [2.24, 2.45) is 11.7 Å². The smallest absolute Gasteiger partial charge is 0.307 e. The van der Waals surface area contributed by atoms with Crippen LogP contribution in [0.3, 0.4) is 0 Å².